The molecule has 1 aromatic carbocycles. The van der Waals surface area contributed by atoms with Crippen LogP contribution in [0.25, 0.3) is 0 Å². The van der Waals surface area contributed by atoms with Crippen LogP contribution in [0.3, 0.4) is 0 Å². The lowest BCUT2D eigenvalue weighted by Gasteiger charge is -2.26. The van der Waals surface area contributed by atoms with Gasteiger partial charge in [-0.05, 0) is 24.1 Å². The molecule has 0 bridgehead atoms. The standard InChI is InChI=1S/C14H18F2N2O4S/c1-17(23(2,21)22)8-14(20)18-7-10(19)6-13(18)9-3-4-11(15)12(16)5-9/h3-5,10,13,19H,6-8H2,1-2H3/t10-,13+/m0/s1. The van der Waals surface area contributed by atoms with Gasteiger partial charge in [0.2, 0.25) is 15.9 Å². The molecule has 0 spiro atoms. The van der Waals surface area contributed by atoms with Gasteiger partial charge in [0.15, 0.2) is 11.6 Å². The minimum atomic E-state index is -3.52. The number of aliphatic hydroxyl groups is 1. The van der Waals surface area contributed by atoms with Gasteiger partial charge < -0.3 is 10.0 Å². The van der Waals surface area contributed by atoms with E-state index >= 15 is 0 Å². The van der Waals surface area contributed by atoms with E-state index < -0.39 is 39.7 Å². The van der Waals surface area contributed by atoms with Gasteiger partial charge in [0, 0.05) is 13.6 Å². The Morgan fingerprint density at radius 2 is 2.04 bits per heavy atom. The summed E-state index contributed by atoms with van der Waals surface area (Å²) >= 11 is 0. The van der Waals surface area contributed by atoms with Crippen molar-refractivity contribution >= 4 is 15.9 Å². The molecule has 1 fully saturated rings. The van der Waals surface area contributed by atoms with Crippen LogP contribution in [-0.4, -0.2) is 61.1 Å². The number of amides is 1. The summed E-state index contributed by atoms with van der Waals surface area (Å²) in [5, 5.41) is 9.80. The summed E-state index contributed by atoms with van der Waals surface area (Å²) in [6.07, 6.45) is 0.353. The minimum absolute atomic E-state index is 0.0140. The first-order chi connectivity index (χ1) is 10.6. The fraction of sp³-hybridized carbons (Fsp3) is 0.500. The van der Waals surface area contributed by atoms with Gasteiger partial charge in [0.1, 0.15) is 0 Å². The normalized spacial score (nSPS) is 21.9. The summed E-state index contributed by atoms with van der Waals surface area (Å²) in [6, 6.07) is 2.67. The molecule has 0 unspecified atom stereocenters. The molecule has 1 aliphatic rings. The van der Waals surface area contributed by atoms with Crippen LogP contribution in [-0.2, 0) is 14.8 Å². The molecule has 2 atom stereocenters. The predicted octanol–water partition coefficient (Wildman–Crippen LogP) is 0.490. The number of hydrogen-bond donors (Lipinski definition) is 1. The Hall–Kier alpha value is -1.58. The van der Waals surface area contributed by atoms with Gasteiger partial charge in [0.25, 0.3) is 0 Å². The molecule has 0 saturated carbocycles. The maximum atomic E-state index is 13.4. The third-order valence-electron chi connectivity index (χ3n) is 3.85. The number of likely N-dealkylation sites (tertiary alicyclic amines) is 1. The lowest BCUT2D eigenvalue weighted by atomic mass is 10.0. The number of sulfonamides is 1. The summed E-state index contributed by atoms with van der Waals surface area (Å²) < 4.78 is 50.1. The Morgan fingerprint density at radius 1 is 1.39 bits per heavy atom. The van der Waals surface area contributed by atoms with Crippen LogP contribution in [0.2, 0.25) is 0 Å². The lowest BCUT2D eigenvalue weighted by Crippen LogP contribution is -2.41. The first-order valence-corrected chi connectivity index (χ1v) is 8.78. The smallest absolute Gasteiger partial charge is 0.238 e. The van der Waals surface area contributed by atoms with E-state index in [1.807, 2.05) is 0 Å². The molecule has 6 nitrogen and oxygen atoms in total. The highest BCUT2D eigenvalue weighted by Crippen LogP contribution is 2.33. The van der Waals surface area contributed by atoms with E-state index in [2.05, 4.69) is 0 Å². The largest absolute Gasteiger partial charge is 0.391 e. The zero-order valence-corrected chi connectivity index (χ0v) is 13.6. The first-order valence-electron chi connectivity index (χ1n) is 6.93. The van der Waals surface area contributed by atoms with E-state index in [-0.39, 0.29) is 19.5 Å². The molecule has 0 radical (unpaired) electrons. The van der Waals surface area contributed by atoms with Crippen LogP contribution in [0, 0.1) is 11.6 Å². The molecule has 23 heavy (non-hydrogen) atoms. The van der Waals surface area contributed by atoms with Crippen molar-refractivity contribution in [2.24, 2.45) is 0 Å². The zero-order chi connectivity index (χ0) is 17.4. The molecule has 128 valence electrons. The molecule has 1 N–H and O–H groups in total. The Balaban J connectivity index is 2.22. The van der Waals surface area contributed by atoms with Gasteiger partial charge in [-0.1, -0.05) is 6.07 Å². The third kappa shape index (κ3) is 4.04. The number of carbonyl (C=O) groups excluding carboxylic acids is 1. The maximum absolute atomic E-state index is 13.4. The van der Waals surface area contributed by atoms with Crippen LogP contribution < -0.4 is 0 Å². The first kappa shape index (κ1) is 17.8. The zero-order valence-electron chi connectivity index (χ0n) is 12.7. The monoisotopic (exact) mass is 348 g/mol. The van der Waals surface area contributed by atoms with Gasteiger partial charge in [0.05, 0.1) is 24.9 Å². The van der Waals surface area contributed by atoms with Gasteiger partial charge in [-0.15, -0.1) is 0 Å². The van der Waals surface area contributed by atoms with Gasteiger partial charge in [-0.2, -0.15) is 4.31 Å². The Labute approximate surface area is 133 Å². The van der Waals surface area contributed by atoms with Crippen molar-refractivity contribution in [3.63, 3.8) is 0 Å². The summed E-state index contributed by atoms with van der Waals surface area (Å²) in [5.41, 5.74) is 0.357. The maximum Gasteiger partial charge on any atom is 0.238 e. The van der Waals surface area contributed by atoms with Crippen molar-refractivity contribution in [1.82, 2.24) is 9.21 Å². The molecule has 1 heterocycles. The van der Waals surface area contributed by atoms with Crippen molar-refractivity contribution in [2.75, 3.05) is 26.4 Å². The molecule has 1 aromatic rings. The van der Waals surface area contributed by atoms with E-state index in [4.69, 9.17) is 0 Å². The molecular weight excluding hydrogens is 330 g/mol. The fourth-order valence-corrected chi connectivity index (χ4v) is 2.87. The second-order valence-corrected chi connectivity index (χ2v) is 7.73. The van der Waals surface area contributed by atoms with Crippen molar-refractivity contribution in [2.45, 2.75) is 18.6 Å². The summed E-state index contributed by atoms with van der Waals surface area (Å²) in [7, 11) is -2.25. The Kier molecular flexibility index (Phi) is 5.02. The third-order valence-corrected chi connectivity index (χ3v) is 5.11. The molecule has 0 aliphatic carbocycles. The summed E-state index contributed by atoms with van der Waals surface area (Å²) in [5.74, 6) is -2.55. The van der Waals surface area contributed by atoms with E-state index in [1.165, 1.54) is 18.0 Å². The number of likely N-dealkylation sites (N-methyl/N-ethyl adjacent to an activating group) is 1. The molecule has 2 rings (SSSR count). The highest BCUT2D eigenvalue weighted by atomic mass is 32.2. The van der Waals surface area contributed by atoms with Crippen molar-refractivity contribution in [1.29, 1.82) is 0 Å². The highest BCUT2D eigenvalue weighted by Gasteiger charge is 2.36. The van der Waals surface area contributed by atoms with E-state index in [0.29, 0.717) is 5.56 Å². The number of hydrogen-bond acceptors (Lipinski definition) is 4. The second kappa shape index (κ2) is 6.50. The molecule has 9 heteroatoms. The van der Waals surface area contributed by atoms with Crippen molar-refractivity contribution in [3.05, 3.63) is 35.4 Å². The van der Waals surface area contributed by atoms with E-state index in [9.17, 15) is 27.1 Å². The predicted molar refractivity (Wildman–Crippen MR) is 78.9 cm³/mol. The van der Waals surface area contributed by atoms with Crippen molar-refractivity contribution < 1.29 is 27.1 Å². The Bertz CT molecular complexity index is 711. The average Bonchev–Trinajstić information content (AvgIpc) is 2.83. The van der Waals surface area contributed by atoms with Crippen LogP contribution in [0.15, 0.2) is 18.2 Å². The minimum Gasteiger partial charge on any atom is -0.391 e. The molecule has 1 aliphatic heterocycles. The SMILES string of the molecule is CN(CC(=O)N1C[C@@H](O)C[C@@H]1c1ccc(F)c(F)c1)S(C)(=O)=O. The highest BCUT2D eigenvalue weighted by molar-refractivity contribution is 7.88. The topological polar surface area (TPSA) is 77.9 Å². The summed E-state index contributed by atoms with van der Waals surface area (Å²) in [6.45, 7) is -0.369. The quantitative estimate of drug-likeness (QED) is 0.859. The van der Waals surface area contributed by atoms with Crippen LogP contribution in [0.5, 0.6) is 0 Å². The number of carbonyl (C=O) groups is 1. The average molecular weight is 348 g/mol. The molecule has 1 saturated heterocycles. The lowest BCUT2D eigenvalue weighted by molar-refractivity contribution is -0.132. The molecule has 1 amide bonds. The van der Waals surface area contributed by atoms with Gasteiger partial charge in [-0.3, -0.25) is 4.79 Å². The number of benzene rings is 1. The number of rotatable bonds is 4. The number of aliphatic hydroxyl groups excluding tert-OH is 1. The fourth-order valence-electron chi connectivity index (χ4n) is 2.52. The van der Waals surface area contributed by atoms with Crippen LogP contribution >= 0.6 is 0 Å². The van der Waals surface area contributed by atoms with Gasteiger partial charge >= 0.3 is 0 Å². The summed E-state index contributed by atoms with van der Waals surface area (Å²) in [4.78, 5) is 13.6. The molecular formula is C14H18F2N2O4S. The number of halogens is 2. The van der Waals surface area contributed by atoms with Crippen LogP contribution in [0.4, 0.5) is 8.78 Å². The number of β-amino-alcohol motifs (C(OH)–C–C–N with tert-alkyl or cyclic N) is 1. The van der Waals surface area contributed by atoms with Gasteiger partial charge in [-0.25, -0.2) is 17.2 Å². The van der Waals surface area contributed by atoms with E-state index in [0.717, 1.165) is 22.7 Å². The number of nitrogens with zero attached hydrogens (tertiary/aromatic N) is 2. The Morgan fingerprint density at radius 3 is 2.61 bits per heavy atom. The van der Waals surface area contributed by atoms with E-state index in [1.54, 1.807) is 0 Å². The van der Waals surface area contributed by atoms with Crippen LogP contribution in [0.1, 0.15) is 18.0 Å². The second-order valence-electron chi connectivity index (χ2n) is 5.64. The van der Waals surface area contributed by atoms with Crippen molar-refractivity contribution in [3.8, 4) is 0 Å². The molecule has 0 aromatic heterocycles.